The van der Waals surface area contributed by atoms with Crippen LogP contribution < -0.4 is 4.74 Å². The van der Waals surface area contributed by atoms with Crippen LogP contribution in [0.4, 0.5) is 0 Å². The average molecular weight is 231 g/mol. The first kappa shape index (κ1) is 11.6. The lowest BCUT2D eigenvalue weighted by atomic mass is 10.2. The summed E-state index contributed by atoms with van der Waals surface area (Å²) in [6.45, 7) is 3.60. The maximum Gasteiger partial charge on any atom is 0.308 e. The monoisotopic (exact) mass is 230 g/mol. The molecular weight excluding hydrogens is 220 g/mol. The van der Waals surface area contributed by atoms with Crippen LogP contribution in [-0.2, 0) is 18.3 Å². The van der Waals surface area contributed by atoms with Crippen molar-refractivity contribution < 1.29 is 14.6 Å². The number of halogens is 1. The molecule has 0 aliphatic heterocycles. The number of hydrogen-bond acceptors (Lipinski definition) is 3. The molecule has 0 amide bonds. The molecule has 1 aromatic rings. The van der Waals surface area contributed by atoms with Crippen molar-refractivity contribution in [2.24, 2.45) is 7.05 Å². The fraction of sp³-hybridized carbons (Fsp3) is 0.333. The van der Waals surface area contributed by atoms with Gasteiger partial charge in [-0.1, -0.05) is 18.2 Å². The van der Waals surface area contributed by atoms with Crippen molar-refractivity contribution in [2.75, 3.05) is 6.61 Å². The van der Waals surface area contributed by atoms with E-state index in [1.54, 1.807) is 7.05 Å². The Labute approximate surface area is 91.9 Å². The normalized spacial score (nSPS) is 10.0. The number of carbonyl (C=O) groups is 1. The fourth-order valence-corrected chi connectivity index (χ4v) is 1.14. The van der Waals surface area contributed by atoms with Crippen LogP contribution in [0.2, 0.25) is 0 Å². The third-order valence-electron chi connectivity index (χ3n) is 1.66. The lowest BCUT2D eigenvalue weighted by molar-refractivity contribution is -0.136. The number of hydrogen-bond donors (Lipinski definition) is 1. The van der Waals surface area contributed by atoms with Gasteiger partial charge in [0.1, 0.15) is 6.61 Å². The van der Waals surface area contributed by atoms with Crippen molar-refractivity contribution in [3.05, 3.63) is 23.4 Å². The highest BCUT2D eigenvalue weighted by Gasteiger charge is 2.13. The standard InChI is InChI=1S/C9H11ClN2O3/c1-6(10)5-15-9-7(3-8(13)14)4-11-12(9)2/h4H,1,3,5H2,2H3,(H,13,14). The van der Waals surface area contributed by atoms with Gasteiger partial charge >= 0.3 is 5.97 Å². The number of rotatable bonds is 5. The number of carboxylic acids is 1. The van der Waals surface area contributed by atoms with E-state index in [1.165, 1.54) is 10.9 Å². The number of nitrogens with zero attached hydrogens (tertiary/aromatic N) is 2. The highest BCUT2D eigenvalue weighted by Crippen LogP contribution is 2.18. The predicted molar refractivity (Wildman–Crippen MR) is 55.0 cm³/mol. The highest BCUT2D eigenvalue weighted by molar-refractivity contribution is 6.29. The van der Waals surface area contributed by atoms with Gasteiger partial charge in [-0.15, -0.1) is 0 Å². The van der Waals surface area contributed by atoms with Crippen molar-refractivity contribution >= 4 is 17.6 Å². The summed E-state index contributed by atoms with van der Waals surface area (Å²) in [5, 5.41) is 12.9. The van der Waals surface area contributed by atoms with Gasteiger partial charge in [-0.25, -0.2) is 4.68 Å². The molecule has 0 saturated carbocycles. The molecule has 6 heteroatoms. The van der Waals surface area contributed by atoms with Gasteiger partial charge in [0.2, 0.25) is 5.88 Å². The summed E-state index contributed by atoms with van der Waals surface area (Å²) < 4.78 is 6.73. The molecule has 82 valence electrons. The largest absolute Gasteiger partial charge is 0.481 e. The van der Waals surface area contributed by atoms with Crippen molar-refractivity contribution in [2.45, 2.75) is 6.42 Å². The minimum atomic E-state index is -0.933. The van der Waals surface area contributed by atoms with E-state index in [2.05, 4.69) is 11.7 Å². The first-order valence-corrected chi connectivity index (χ1v) is 4.57. The van der Waals surface area contributed by atoms with Crippen molar-refractivity contribution in [3.8, 4) is 5.88 Å². The molecule has 0 fully saturated rings. The van der Waals surface area contributed by atoms with Crippen LogP contribution in [0.5, 0.6) is 5.88 Å². The van der Waals surface area contributed by atoms with E-state index in [4.69, 9.17) is 21.4 Å². The molecule has 0 spiro atoms. The van der Waals surface area contributed by atoms with Gasteiger partial charge in [-0.3, -0.25) is 4.79 Å². The van der Waals surface area contributed by atoms with Crippen LogP contribution in [0.1, 0.15) is 5.56 Å². The van der Waals surface area contributed by atoms with Crippen LogP contribution in [-0.4, -0.2) is 27.5 Å². The summed E-state index contributed by atoms with van der Waals surface area (Å²) >= 11 is 5.54. The van der Waals surface area contributed by atoms with Crippen LogP contribution in [0.15, 0.2) is 17.8 Å². The lowest BCUT2D eigenvalue weighted by Gasteiger charge is -2.06. The molecule has 0 aromatic carbocycles. The first-order chi connectivity index (χ1) is 7.00. The molecule has 0 atom stereocenters. The Bertz CT molecular complexity index is 387. The van der Waals surface area contributed by atoms with E-state index in [9.17, 15) is 4.79 Å². The average Bonchev–Trinajstić information content (AvgIpc) is 2.43. The van der Waals surface area contributed by atoms with E-state index >= 15 is 0 Å². The molecule has 0 unspecified atom stereocenters. The number of carboxylic acid groups (broad SMARTS) is 1. The van der Waals surface area contributed by atoms with Gasteiger partial charge in [0.15, 0.2) is 0 Å². The second-order valence-corrected chi connectivity index (χ2v) is 3.51. The molecular formula is C9H11ClN2O3. The second kappa shape index (κ2) is 4.84. The molecule has 1 heterocycles. The molecule has 1 rings (SSSR count). The van der Waals surface area contributed by atoms with Crippen molar-refractivity contribution in [1.82, 2.24) is 9.78 Å². The summed E-state index contributed by atoms with van der Waals surface area (Å²) in [6.07, 6.45) is 1.33. The molecule has 1 aromatic heterocycles. The zero-order chi connectivity index (χ0) is 11.4. The molecule has 0 aliphatic carbocycles. The molecule has 5 nitrogen and oxygen atoms in total. The Morgan fingerprint density at radius 3 is 3.00 bits per heavy atom. The summed E-state index contributed by atoms with van der Waals surface area (Å²) in [7, 11) is 1.66. The third kappa shape index (κ3) is 3.28. The molecule has 0 saturated heterocycles. The maximum atomic E-state index is 10.5. The van der Waals surface area contributed by atoms with E-state index in [1.807, 2.05) is 0 Å². The zero-order valence-electron chi connectivity index (χ0n) is 8.23. The summed E-state index contributed by atoms with van der Waals surface area (Å²) in [4.78, 5) is 10.5. The van der Waals surface area contributed by atoms with Gasteiger partial charge in [0.05, 0.1) is 12.6 Å². The van der Waals surface area contributed by atoms with E-state index in [-0.39, 0.29) is 13.0 Å². The number of ether oxygens (including phenoxy) is 1. The SMILES string of the molecule is C=C(Cl)COc1c(CC(=O)O)cnn1C. The molecule has 15 heavy (non-hydrogen) atoms. The first-order valence-electron chi connectivity index (χ1n) is 4.19. The van der Waals surface area contributed by atoms with E-state index in [0.29, 0.717) is 16.5 Å². The number of aromatic nitrogens is 2. The summed E-state index contributed by atoms with van der Waals surface area (Å²) in [6, 6.07) is 0. The highest BCUT2D eigenvalue weighted by atomic mass is 35.5. The Balaban J connectivity index is 2.79. The smallest absolute Gasteiger partial charge is 0.308 e. The fourth-order valence-electron chi connectivity index (χ4n) is 1.09. The molecule has 0 radical (unpaired) electrons. The lowest BCUT2D eigenvalue weighted by Crippen LogP contribution is -2.06. The predicted octanol–water partition coefficient (Wildman–Crippen LogP) is 1.18. The summed E-state index contributed by atoms with van der Waals surface area (Å²) in [5.41, 5.74) is 0.517. The van der Waals surface area contributed by atoms with Gasteiger partial charge in [-0.05, 0) is 0 Å². The van der Waals surface area contributed by atoms with Crippen LogP contribution in [0.3, 0.4) is 0 Å². The van der Waals surface area contributed by atoms with E-state index in [0.717, 1.165) is 0 Å². The van der Waals surface area contributed by atoms with Crippen molar-refractivity contribution in [1.29, 1.82) is 0 Å². The second-order valence-electron chi connectivity index (χ2n) is 2.98. The van der Waals surface area contributed by atoms with E-state index < -0.39 is 5.97 Å². The Hall–Kier alpha value is -1.49. The Kier molecular flexibility index (Phi) is 3.74. The number of aliphatic carboxylic acids is 1. The molecule has 1 N–H and O–H groups in total. The zero-order valence-corrected chi connectivity index (χ0v) is 8.99. The minimum Gasteiger partial charge on any atom is -0.481 e. The van der Waals surface area contributed by atoms with Crippen molar-refractivity contribution in [3.63, 3.8) is 0 Å². The summed E-state index contributed by atoms with van der Waals surface area (Å²) in [5.74, 6) is -0.531. The quantitative estimate of drug-likeness (QED) is 0.825. The van der Waals surface area contributed by atoms with Crippen LogP contribution in [0, 0.1) is 0 Å². The number of aryl methyl sites for hydroxylation is 1. The third-order valence-corrected chi connectivity index (χ3v) is 1.77. The van der Waals surface area contributed by atoms with Gasteiger partial charge in [0.25, 0.3) is 0 Å². The minimum absolute atomic E-state index is 0.127. The molecule has 0 bridgehead atoms. The van der Waals surface area contributed by atoms with Gasteiger partial charge < -0.3 is 9.84 Å². The van der Waals surface area contributed by atoms with Gasteiger partial charge in [0, 0.05) is 17.6 Å². The Morgan fingerprint density at radius 2 is 2.47 bits per heavy atom. The van der Waals surface area contributed by atoms with Gasteiger partial charge in [-0.2, -0.15) is 5.10 Å². The van der Waals surface area contributed by atoms with Crippen LogP contribution >= 0.6 is 11.6 Å². The topological polar surface area (TPSA) is 64.3 Å². The maximum absolute atomic E-state index is 10.5. The molecule has 0 aliphatic rings. The van der Waals surface area contributed by atoms with Crippen LogP contribution in [0.25, 0.3) is 0 Å². The Morgan fingerprint density at radius 1 is 1.80 bits per heavy atom.